The van der Waals surface area contributed by atoms with E-state index < -0.39 is 11.6 Å². The number of halogens is 2. The highest BCUT2D eigenvalue weighted by atomic mass is 19.2. The molecule has 4 aromatic rings. The van der Waals surface area contributed by atoms with Gasteiger partial charge in [-0.05, 0) is 49.1 Å². The van der Waals surface area contributed by atoms with Crippen LogP contribution in [0.1, 0.15) is 34.9 Å². The van der Waals surface area contributed by atoms with Crippen molar-refractivity contribution in [2.24, 2.45) is 7.05 Å². The number of fused-ring (bicyclic) bond motifs is 1. The van der Waals surface area contributed by atoms with Crippen molar-refractivity contribution in [1.82, 2.24) is 35.0 Å². The van der Waals surface area contributed by atoms with E-state index in [4.69, 9.17) is 5.10 Å². The molecular weight excluding hydrogens is 490 g/mol. The molecule has 0 unspecified atom stereocenters. The van der Waals surface area contributed by atoms with Crippen molar-refractivity contribution < 1.29 is 13.6 Å². The Kier molecular flexibility index (Phi) is 6.36. The van der Waals surface area contributed by atoms with Gasteiger partial charge < -0.3 is 5.32 Å². The Morgan fingerprint density at radius 2 is 1.92 bits per heavy atom. The van der Waals surface area contributed by atoms with Gasteiger partial charge >= 0.3 is 6.03 Å². The lowest BCUT2D eigenvalue weighted by molar-refractivity contribution is 0.246. The third kappa shape index (κ3) is 4.76. The van der Waals surface area contributed by atoms with E-state index in [9.17, 15) is 13.6 Å². The van der Waals surface area contributed by atoms with Gasteiger partial charge in [0.25, 0.3) is 0 Å². The van der Waals surface area contributed by atoms with Crippen LogP contribution >= 0.6 is 0 Å². The van der Waals surface area contributed by atoms with E-state index in [0.29, 0.717) is 31.0 Å². The standard InChI is InChI=1S/C27H28F2N8O/c1-35-13-18(32-34-35)14-36-15-21(17-10-11-22(28)23(29)12-17)25(16-36)30-27(38)31-26-20-8-5-9-24(20)33-37(26)19-6-3-2-4-7-19/h2-4,6-7,10-13,21,25H,5,8-9,14-16H2,1H3,(H2,30,31,38)/t21-,25+/m0/s1. The Labute approximate surface area is 218 Å². The summed E-state index contributed by atoms with van der Waals surface area (Å²) in [6.45, 7) is 1.59. The minimum atomic E-state index is -0.902. The summed E-state index contributed by atoms with van der Waals surface area (Å²) in [4.78, 5) is 15.5. The normalized spacial score (nSPS) is 19.0. The SMILES string of the molecule is Cn1cc(CN2C[C@@H](NC(=O)Nc3c4c(nn3-c3ccccc3)CCC4)[C@H](c3ccc(F)c(F)c3)C2)nn1. The second kappa shape index (κ2) is 9.97. The molecule has 9 nitrogen and oxygen atoms in total. The highest BCUT2D eigenvalue weighted by Gasteiger charge is 2.36. The van der Waals surface area contributed by atoms with E-state index in [1.807, 2.05) is 36.5 Å². The highest BCUT2D eigenvalue weighted by Crippen LogP contribution is 2.32. The van der Waals surface area contributed by atoms with E-state index in [1.165, 1.54) is 6.07 Å². The number of nitrogens with zero attached hydrogens (tertiary/aromatic N) is 6. The molecule has 1 aliphatic carbocycles. The molecule has 2 aromatic heterocycles. The molecule has 38 heavy (non-hydrogen) atoms. The number of nitrogens with one attached hydrogen (secondary N) is 2. The topological polar surface area (TPSA) is 92.9 Å². The van der Waals surface area contributed by atoms with Crippen molar-refractivity contribution in [3.05, 3.63) is 88.9 Å². The number of hydrogen-bond donors (Lipinski definition) is 2. The van der Waals surface area contributed by atoms with Gasteiger partial charge in [-0.3, -0.25) is 14.9 Å². The number of aromatic nitrogens is 5. The lowest BCUT2D eigenvalue weighted by Gasteiger charge is -2.21. The number of hydrogen-bond acceptors (Lipinski definition) is 5. The quantitative estimate of drug-likeness (QED) is 0.407. The fourth-order valence-corrected chi connectivity index (χ4v) is 5.53. The third-order valence-corrected chi connectivity index (χ3v) is 7.26. The number of benzene rings is 2. The zero-order valence-electron chi connectivity index (χ0n) is 20.9. The van der Waals surface area contributed by atoms with Gasteiger partial charge in [-0.15, -0.1) is 5.10 Å². The van der Waals surface area contributed by atoms with Crippen LogP contribution < -0.4 is 10.6 Å². The predicted molar refractivity (Wildman–Crippen MR) is 137 cm³/mol. The fourth-order valence-electron chi connectivity index (χ4n) is 5.53. The first-order valence-electron chi connectivity index (χ1n) is 12.7. The van der Waals surface area contributed by atoms with Crippen LogP contribution in [0.3, 0.4) is 0 Å². The lowest BCUT2D eigenvalue weighted by atomic mass is 9.94. The van der Waals surface area contributed by atoms with Gasteiger partial charge in [-0.1, -0.05) is 29.5 Å². The van der Waals surface area contributed by atoms with Crippen LogP contribution in [0, 0.1) is 11.6 Å². The number of para-hydroxylation sites is 1. The van der Waals surface area contributed by atoms with Crippen LogP contribution in [0.25, 0.3) is 5.69 Å². The molecule has 0 saturated carbocycles. The second-order valence-corrected chi connectivity index (χ2v) is 9.94. The first kappa shape index (κ1) is 24.2. The monoisotopic (exact) mass is 518 g/mol. The maximum Gasteiger partial charge on any atom is 0.320 e. The number of aryl methyl sites for hydroxylation is 2. The third-order valence-electron chi connectivity index (χ3n) is 7.26. The minimum absolute atomic E-state index is 0.239. The summed E-state index contributed by atoms with van der Waals surface area (Å²) in [5.41, 5.74) is 4.35. The molecule has 3 heterocycles. The second-order valence-electron chi connectivity index (χ2n) is 9.94. The first-order chi connectivity index (χ1) is 18.4. The van der Waals surface area contributed by atoms with Crippen LogP contribution in [-0.4, -0.2) is 54.8 Å². The summed E-state index contributed by atoms with van der Waals surface area (Å²) in [7, 11) is 1.80. The number of rotatable bonds is 6. The van der Waals surface area contributed by atoms with Gasteiger partial charge in [0.2, 0.25) is 0 Å². The van der Waals surface area contributed by atoms with Crippen molar-refractivity contribution in [2.75, 3.05) is 18.4 Å². The van der Waals surface area contributed by atoms with Crippen LogP contribution in [0.5, 0.6) is 0 Å². The van der Waals surface area contributed by atoms with Gasteiger partial charge in [0.05, 0.1) is 23.1 Å². The van der Waals surface area contributed by atoms with Crippen LogP contribution in [0.15, 0.2) is 54.7 Å². The largest absolute Gasteiger partial charge is 0.333 e. The lowest BCUT2D eigenvalue weighted by Crippen LogP contribution is -2.42. The van der Waals surface area contributed by atoms with Crippen molar-refractivity contribution in [3.63, 3.8) is 0 Å². The van der Waals surface area contributed by atoms with Crippen LogP contribution in [-0.2, 0) is 26.4 Å². The molecular formula is C27H28F2N8O. The van der Waals surface area contributed by atoms with E-state index in [1.54, 1.807) is 22.5 Å². The average Bonchev–Trinajstić information content (AvgIpc) is 3.68. The Morgan fingerprint density at radius 3 is 2.68 bits per heavy atom. The molecule has 2 amide bonds. The Bertz CT molecular complexity index is 1470. The number of amides is 2. The summed E-state index contributed by atoms with van der Waals surface area (Å²) >= 11 is 0. The molecule has 0 spiro atoms. The summed E-state index contributed by atoms with van der Waals surface area (Å²) < 4.78 is 31.2. The zero-order chi connectivity index (χ0) is 26.2. The van der Waals surface area contributed by atoms with E-state index >= 15 is 0 Å². The van der Waals surface area contributed by atoms with Gasteiger partial charge in [0.1, 0.15) is 5.82 Å². The molecule has 0 bridgehead atoms. The molecule has 11 heteroatoms. The van der Waals surface area contributed by atoms with Gasteiger partial charge in [-0.25, -0.2) is 18.3 Å². The first-order valence-corrected chi connectivity index (χ1v) is 12.7. The highest BCUT2D eigenvalue weighted by molar-refractivity contribution is 5.90. The molecule has 6 rings (SSSR count). The van der Waals surface area contributed by atoms with Crippen molar-refractivity contribution in [1.29, 1.82) is 0 Å². The molecule has 196 valence electrons. The summed E-state index contributed by atoms with van der Waals surface area (Å²) in [5, 5.41) is 19.1. The number of anilines is 1. The minimum Gasteiger partial charge on any atom is -0.333 e. The van der Waals surface area contributed by atoms with Crippen molar-refractivity contribution >= 4 is 11.8 Å². The molecule has 2 aromatic carbocycles. The van der Waals surface area contributed by atoms with Crippen LogP contribution in [0.2, 0.25) is 0 Å². The molecule has 1 fully saturated rings. The zero-order valence-corrected chi connectivity index (χ0v) is 20.9. The van der Waals surface area contributed by atoms with Crippen molar-refractivity contribution in [2.45, 2.75) is 37.8 Å². The molecule has 2 atom stereocenters. The van der Waals surface area contributed by atoms with E-state index in [2.05, 4.69) is 25.8 Å². The Hall–Kier alpha value is -4.12. The summed E-state index contributed by atoms with van der Waals surface area (Å²) in [6.07, 6.45) is 4.57. The smallest absolute Gasteiger partial charge is 0.320 e. The number of urea groups is 1. The molecule has 1 saturated heterocycles. The number of likely N-dealkylation sites (tertiary alicyclic amines) is 1. The molecule has 1 aliphatic heterocycles. The number of carbonyl (C=O) groups is 1. The summed E-state index contributed by atoms with van der Waals surface area (Å²) in [6, 6.07) is 12.9. The fraction of sp³-hybridized carbons (Fsp3) is 0.333. The number of carbonyl (C=O) groups excluding carboxylic acids is 1. The average molecular weight is 519 g/mol. The van der Waals surface area contributed by atoms with Gasteiger partial charge in [0, 0.05) is 44.4 Å². The maximum atomic E-state index is 14.1. The molecule has 0 radical (unpaired) electrons. The molecule has 2 N–H and O–H groups in total. The Balaban J connectivity index is 1.24. The van der Waals surface area contributed by atoms with Gasteiger partial charge in [-0.2, -0.15) is 5.10 Å². The van der Waals surface area contributed by atoms with Gasteiger partial charge in [0.15, 0.2) is 11.6 Å². The molecule has 2 aliphatic rings. The van der Waals surface area contributed by atoms with E-state index in [-0.39, 0.29) is 18.0 Å². The van der Waals surface area contributed by atoms with Crippen LogP contribution in [0.4, 0.5) is 19.4 Å². The Morgan fingerprint density at radius 1 is 1.08 bits per heavy atom. The van der Waals surface area contributed by atoms with Crippen molar-refractivity contribution in [3.8, 4) is 5.69 Å². The maximum absolute atomic E-state index is 14.1. The predicted octanol–water partition coefficient (Wildman–Crippen LogP) is 3.56. The summed E-state index contributed by atoms with van der Waals surface area (Å²) in [5.74, 6) is -1.37. The van der Waals surface area contributed by atoms with E-state index in [0.717, 1.165) is 48.0 Å².